The fraction of sp³-hybridized carbons (Fsp3) is 0.500. The van der Waals surface area contributed by atoms with Gasteiger partial charge in [0.15, 0.2) is 11.5 Å². The first-order chi connectivity index (χ1) is 13.5. The lowest BCUT2D eigenvalue weighted by Crippen LogP contribution is -2.43. The van der Waals surface area contributed by atoms with Crippen LogP contribution in [0.4, 0.5) is 4.79 Å². The van der Waals surface area contributed by atoms with Gasteiger partial charge >= 0.3 is 12.1 Å². The number of amides is 1. The van der Waals surface area contributed by atoms with E-state index in [-0.39, 0.29) is 36.7 Å². The number of esters is 1. The predicted octanol–water partition coefficient (Wildman–Crippen LogP) is 2.29. The Balaban J connectivity index is 2.74. The summed E-state index contributed by atoms with van der Waals surface area (Å²) in [5, 5.41) is 11.5. The molecule has 1 aromatic carbocycles. The number of hydrogen-bond acceptors (Lipinski definition) is 9. The molecule has 0 aliphatic rings. The van der Waals surface area contributed by atoms with E-state index in [1.807, 2.05) is 0 Å². The van der Waals surface area contributed by atoms with Crippen molar-refractivity contribution in [2.45, 2.75) is 45.8 Å². The number of ether oxygens (including phenoxy) is 3. The monoisotopic (exact) mass is 412 g/mol. The van der Waals surface area contributed by atoms with Crippen LogP contribution in [0.3, 0.4) is 0 Å². The van der Waals surface area contributed by atoms with Gasteiger partial charge in [-0.2, -0.15) is 0 Å². The smallest absolute Gasteiger partial charge is 0.408 e. The second-order valence-electron chi connectivity index (χ2n) is 6.87. The van der Waals surface area contributed by atoms with Gasteiger partial charge in [0, 0.05) is 12.0 Å². The molecule has 0 heterocycles. The zero-order chi connectivity index (χ0) is 22.0. The lowest BCUT2D eigenvalue weighted by molar-refractivity contribution is -0.757. The van der Waals surface area contributed by atoms with Crippen LogP contribution in [0, 0.1) is 10.1 Å². The summed E-state index contributed by atoms with van der Waals surface area (Å²) in [6, 6.07) is 3.14. The number of carbonyl (C=O) groups is 3. The van der Waals surface area contributed by atoms with Gasteiger partial charge in [-0.1, -0.05) is 0 Å². The number of nitrogens with one attached hydrogen (secondary N) is 1. The van der Waals surface area contributed by atoms with Gasteiger partial charge in [0.25, 0.3) is 5.09 Å². The first-order valence-corrected chi connectivity index (χ1v) is 8.72. The Bertz CT molecular complexity index is 743. The Hall–Kier alpha value is -3.37. The largest absolute Gasteiger partial charge is 0.490 e. The molecule has 0 saturated heterocycles. The summed E-state index contributed by atoms with van der Waals surface area (Å²) in [5.74, 6) is -0.692. The van der Waals surface area contributed by atoms with Crippen LogP contribution < -0.4 is 14.8 Å². The molecule has 1 aromatic rings. The molecule has 0 aromatic heterocycles. The van der Waals surface area contributed by atoms with Crippen LogP contribution >= 0.6 is 0 Å². The zero-order valence-corrected chi connectivity index (χ0v) is 16.6. The standard InChI is InChI=1S/C18H24N2O9/c1-12(19-17(23)29-18(2,3)4)16(22)28-15-10-13(11-21)6-7-14(15)26-8-5-9-27-20(24)25/h6-7,10-12H,5,8-9H2,1-4H3,(H,19,23). The molecule has 1 N–H and O–H groups in total. The summed E-state index contributed by atoms with van der Waals surface area (Å²) >= 11 is 0. The Morgan fingerprint density at radius 1 is 1.24 bits per heavy atom. The molecule has 11 nitrogen and oxygen atoms in total. The van der Waals surface area contributed by atoms with Crippen molar-refractivity contribution >= 4 is 18.3 Å². The van der Waals surface area contributed by atoms with Gasteiger partial charge in [0.2, 0.25) is 0 Å². The Kier molecular flexibility index (Phi) is 8.84. The molecule has 0 aliphatic carbocycles. The molecule has 0 saturated carbocycles. The third-order valence-electron chi connectivity index (χ3n) is 3.14. The molecule has 0 bridgehead atoms. The van der Waals surface area contributed by atoms with Gasteiger partial charge in [-0.15, -0.1) is 10.1 Å². The van der Waals surface area contributed by atoms with Gasteiger partial charge in [-0.3, -0.25) is 4.79 Å². The van der Waals surface area contributed by atoms with Crippen molar-refractivity contribution in [1.29, 1.82) is 0 Å². The predicted molar refractivity (Wildman–Crippen MR) is 99.4 cm³/mol. The van der Waals surface area contributed by atoms with Crippen LogP contribution in [0.2, 0.25) is 0 Å². The fourth-order valence-corrected chi connectivity index (χ4v) is 1.92. The second-order valence-corrected chi connectivity index (χ2v) is 6.87. The molecule has 0 radical (unpaired) electrons. The van der Waals surface area contributed by atoms with Crippen molar-refractivity contribution in [2.75, 3.05) is 13.2 Å². The third-order valence-corrected chi connectivity index (χ3v) is 3.14. The number of rotatable bonds is 10. The lowest BCUT2D eigenvalue weighted by atomic mass is 10.2. The highest BCUT2D eigenvalue weighted by molar-refractivity contribution is 5.84. The lowest BCUT2D eigenvalue weighted by Gasteiger charge is -2.21. The molecular formula is C18H24N2O9. The third kappa shape index (κ3) is 9.40. The number of benzene rings is 1. The van der Waals surface area contributed by atoms with Crippen molar-refractivity contribution in [3.8, 4) is 11.5 Å². The molecule has 160 valence electrons. The van der Waals surface area contributed by atoms with Crippen LogP contribution in [0.1, 0.15) is 44.5 Å². The van der Waals surface area contributed by atoms with Gasteiger partial charge < -0.3 is 24.4 Å². The quantitative estimate of drug-likeness (QED) is 0.153. The van der Waals surface area contributed by atoms with Crippen molar-refractivity contribution in [1.82, 2.24) is 5.32 Å². The van der Waals surface area contributed by atoms with Gasteiger partial charge in [-0.05, 0) is 45.9 Å². The van der Waals surface area contributed by atoms with E-state index in [9.17, 15) is 24.5 Å². The maximum absolute atomic E-state index is 12.3. The van der Waals surface area contributed by atoms with Crippen LogP contribution in [0.25, 0.3) is 0 Å². The van der Waals surface area contributed by atoms with E-state index in [2.05, 4.69) is 10.2 Å². The molecule has 11 heteroatoms. The van der Waals surface area contributed by atoms with E-state index >= 15 is 0 Å². The second kappa shape index (κ2) is 10.8. The van der Waals surface area contributed by atoms with Crippen LogP contribution in [0.5, 0.6) is 11.5 Å². The summed E-state index contributed by atoms with van der Waals surface area (Å²) in [6.07, 6.45) is -0.0136. The van der Waals surface area contributed by atoms with Gasteiger partial charge in [-0.25, -0.2) is 9.59 Å². The maximum atomic E-state index is 12.3. The molecule has 29 heavy (non-hydrogen) atoms. The average Bonchev–Trinajstić information content (AvgIpc) is 2.60. The van der Waals surface area contributed by atoms with E-state index in [1.54, 1.807) is 20.8 Å². The number of nitrogens with zero attached hydrogens (tertiary/aromatic N) is 1. The van der Waals surface area contributed by atoms with Crippen LogP contribution in [-0.2, 0) is 14.4 Å². The number of alkyl carbamates (subject to hydrolysis) is 1. The minimum absolute atomic E-state index is 0.0346. The molecule has 1 atom stereocenters. The first kappa shape index (κ1) is 23.7. The Morgan fingerprint density at radius 2 is 1.93 bits per heavy atom. The highest BCUT2D eigenvalue weighted by Gasteiger charge is 2.23. The Labute approximate surface area is 167 Å². The summed E-state index contributed by atoms with van der Waals surface area (Å²) in [5.41, 5.74) is -0.490. The molecule has 1 unspecified atom stereocenters. The van der Waals surface area contributed by atoms with Gasteiger partial charge in [0.1, 0.15) is 17.9 Å². The minimum atomic E-state index is -1.04. The van der Waals surface area contributed by atoms with E-state index in [0.717, 1.165) is 0 Å². The highest BCUT2D eigenvalue weighted by atomic mass is 16.9. The topological polar surface area (TPSA) is 143 Å². The van der Waals surface area contributed by atoms with E-state index in [4.69, 9.17) is 14.2 Å². The maximum Gasteiger partial charge on any atom is 0.408 e. The number of aldehydes is 1. The van der Waals surface area contributed by atoms with Crippen molar-refractivity contribution < 1.29 is 38.5 Å². The first-order valence-electron chi connectivity index (χ1n) is 8.72. The minimum Gasteiger partial charge on any atom is -0.490 e. The van der Waals surface area contributed by atoms with Crippen molar-refractivity contribution in [3.63, 3.8) is 0 Å². The summed E-state index contributed by atoms with van der Waals surface area (Å²) in [6.45, 7) is 6.34. The summed E-state index contributed by atoms with van der Waals surface area (Å²) in [4.78, 5) is 49.3. The average molecular weight is 412 g/mol. The van der Waals surface area contributed by atoms with Gasteiger partial charge in [0.05, 0.1) is 13.2 Å². The Morgan fingerprint density at radius 3 is 2.52 bits per heavy atom. The molecule has 0 fully saturated rings. The fourth-order valence-electron chi connectivity index (χ4n) is 1.92. The number of carbonyl (C=O) groups excluding carboxylic acids is 3. The summed E-state index contributed by atoms with van der Waals surface area (Å²) < 4.78 is 15.8. The van der Waals surface area contributed by atoms with Crippen molar-refractivity contribution in [3.05, 3.63) is 33.9 Å². The molecule has 0 aliphatic heterocycles. The van der Waals surface area contributed by atoms with Crippen LogP contribution in [0.15, 0.2) is 18.2 Å². The summed E-state index contributed by atoms with van der Waals surface area (Å²) in [7, 11) is 0. The van der Waals surface area contributed by atoms with Crippen molar-refractivity contribution in [2.24, 2.45) is 0 Å². The highest BCUT2D eigenvalue weighted by Crippen LogP contribution is 2.28. The molecule has 1 rings (SSSR count). The molecule has 0 spiro atoms. The van der Waals surface area contributed by atoms with E-state index in [1.165, 1.54) is 25.1 Å². The normalized spacial score (nSPS) is 11.7. The van der Waals surface area contributed by atoms with E-state index < -0.39 is 28.8 Å². The zero-order valence-electron chi connectivity index (χ0n) is 16.6. The van der Waals surface area contributed by atoms with E-state index in [0.29, 0.717) is 6.29 Å². The number of hydrogen-bond donors (Lipinski definition) is 1. The van der Waals surface area contributed by atoms with Crippen LogP contribution in [-0.4, -0.2) is 48.3 Å². The molecule has 1 amide bonds. The SMILES string of the molecule is CC(NC(=O)OC(C)(C)C)C(=O)Oc1cc(C=O)ccc1OCCCO[N+](=O)[O-]. The molecular weight excluding hydrogens is 388 g/mol.